The van der Waals surface area contributed by atoms with Gasteiger partial charge in [0.2, 0.25) is 0 Å². The van der Waals surface area contributed by atoms with Gasteiger partial charge in [0.25, 0.3) is 0 Å². The van der Waals surface area contributed by atoms with Gasteiger partial charge in [-0.15, -0.1) is 0 Å². The zero-order chi connectivity index (χ0) is 11.4. The Morgan fingerprint density at radius 2 is 2.25 bits per heavy atom. The molecule has 94 valence electrons. The fourth-order valence-electron chi connectivity index (χ4n) is 2.69. The molecule has 2 aliphatic heterocycles. The Balaban J connectivity index is 1.76. The van der Waals surface area contributed by atoms with Crippen molar-refractivity contribution in [1.29, 1.82) is 0 Å². The van der Waals surface area contributed by atoms with Gasteiger partial charge in [-0.3, -0.25) is 0 Å². The normalized spacial score (nSPS) is 32.2. The first-order chi connectivity index (χ1) is 7.66. The van der Waals surface area contributed by atoms with E-state index in [0.29, 0.717) is 4.75 Å². The third-order valence-electron chi connectivity index (χ3n) is 3.85. The van der Waals surface area contributed by atoms with Gasteiger partial charge in [-0.1, -0.05) is 13.8 Å². The molecule has 16 heavy (non-hydrogen) atoms. The van der Waals surface area contributed by atoms with E-state index in [9.17, 15) is 0 Å². The number of hydrogen-bond acceptors (Lipinski definition) is 3. The van der Waals surface area contributed by atoms with E-state index in [-0.39, 0.29) is 0 Å². The molecule has 0 radical (unpaired) electrons. The lowest BCUT2D eigenvalue weighted by Crippen LogP contribution is -2.39. The summed E-state index contributed by atoms with van der Waals surface area (Å²) in [6.45, 7) is 11.2. The van der Waals surface area contributed by atoms with Gasteiger partial charge in [0.15, 0.2) is 0 Å². The van der Waals surface area contributed by atoms with Crippen LogP contribution >= 0.6 is 11.8 Å². The molecule has 1 atom stereocenters. The van der Waals surface area contributed by atoms with Crippen molar-refractivity contribution in [3.63, 3.8) is 0 Å². The SMILES string of the molecule is CC1(C)CCN(CC2CCCNC2)CCS1. The molecular formula is C13H26N2S. The monoisotopic (exact) mass is 242 g/mol. The molecule has 0 aromatic carbocycles. The average molecular weight is 242 g/mol. The second-order valence-corrected chi connectivity index (χ2v) is 7.67. The summed E-state index contributed by atoms with van der Waals surface area (Å²) >= 11 is 2.15. The third-order valence-corrected chi connectivity index (χ3v) is 5.22. The van der Waals surface area contributed by atoms with Crippen LogP contribution in [0, 0.1) is 5.92 Å². The molecule has 2 aliphatic rings. The smallest absolute Gasteiger partial charge is 0.0116 e. The number of rotatable bonds is 2. The number of nitrogens with zero attached hydrogens (tertiary/aromatic N) is 1. The minimum atomic E-state index is 0.500. The summed E-state index contributed by atoms with van der Waals surface area (Å²) in [4.78, 5) is 2.69. The molecule has 0 bridgehead atoms. The van der Waals surface area contributed by atoms with Crippen LogP contribution in [0.3, 0.4) is 0 Å². The molecule has 1 unspecified atom stereocenters. The van der Waals surface area contributed by atoms with Crippen LogP contribution in [0.25, 0.3) is 0 Å². The summed E-state index contributed by atoms with van der Waals surface area (Å²) in [5, 5.41) is 3.52. The van der Waals surface area contributed by atoms with Crippen molar-refractivity contribution in [2.75, 3.05) is 38.5 Å². The van der Waals surface area contributed by atoms with E-state index in [1.165, 1.54) is 57.7 Å². The van der Waals surface area contributed by atoms with Gasteiger partial charge >= 0.3 is 0 Å². The Hall–Kier alpha value is 0.270. The molecule has 1 N–H and O–H groups in total. The second kappa shape index (κ2) is 5.74. The summed E-state index contributed by atoms with van der Waals surface area (Å²) < 4.78 is 0.500. The Bertz CT molecular complexity index is 212. The predicted molar refractivity (Wildman–Crippen MR) is 73.2 cm³/mol. The molecular weight excluding hydrogens is 216 g/mol. The fraction of sp³-hybridized carbons (Fsp3) is 1.00. The highest BCUT2D eigenvalue weighted by atomic mass is 32.2. The van der Waals surface area contributed by atoms with Crippen LogP contribution in [0.2, 0.25) is 0 Å². The summed E-state index contributed by atoms with van der Waals surface area (Å²) in [6.07, 6.45) is 4.15. The highest BCUT2D eigenvalue weighted by molar-refractivity contribution is 8.00. The number of thioether (sulfide) groups is 1. The van der Waals surface area contributed by atoms with Gasteiger partial charge in [-0.2, -0.15) is 11.8 Å². The summed E-state index contributed by atoms with van der Waals surface area (Å²) in [5.74, 6) is 2.22. The van der Waals surface area contributed by atoms with Gasteiger partial charge in [0, 0.05) is 23.6 Å². The van der Waals surface area contributed by atoms with Crippen LogP contribution in [0.4, 0.5) is 0 Å². The Kier molecular flexibility index (Phi) is 4.57. The Morgan fingerprint density at radius 1 is 1.38 bits per heavy atom. The minimum Gasteiger partial charge on any atom is -0.316 e. The standard InChI is InChI=1S/C13H26N2S/c1-13(2)5-7-15(8-9-16-13)11-12-4-3-6-14-10-12/h12,14H,3-11H2,1-2H3. The maximum absolute atomic E-state index is 3.52. The minimum absolute atomic E-state index is 0.500. The molecule has 2 heterocycles. The first-order valence-corrected chi connectivity index (χ1v) is 7.71. The number of piperidine rings is 1. The van der Waals surface area contributed by atoms with E-state index in [0.717, 1.165) is 5.92 Å². The highest BCUT2D eigenvalue weighted by Gasteiger charge is 2.25. The van der Waals surface area contributed by atoms with Crippen molar-refractivity contribution in [1.82, 2.24) is 10.2 Å². The van der Waals surface area contributed by atoms with E-state index < -0.39 is 0 Å². The molecule has 3 heteroatoms. The molecule has 0 spiro atoms. The van der Waals surface area contributed by atoms with Crippen molar-refractivity contribution in [2.45, 2.75) is 37.9 Å². The zero-order valence-corrected chi connectivity index (χ0v) is 11.6. The third kappa shape index (κ3) is 3.94. The molecule has 2 rings (SSSR count). The molecule has 0 aromatic rings. The molecule has 0 saturated carbocycles. The predicted octanol–water partition coefficient (Wildman–Crippen LogP) is 2.20. The molecule has 2 saturated heterocycles. The van der Waals surface area contributed by atoms with Gasteiger partial charge in [0.1, 0.15) is 0 Å². The van der Waals surface area contributed by atoms with Gasteiger partial charge in [0.05, 0.1) is 0 Å². The lowest BCUT2D eigenvalue weighted by atomic mass is 9.98. The van der Waals surface area contributed by atoms with Gasteiger partial charge < -0.3 is 10.2 Å². The van der Waals surface area contributed by atoms with Crippen molar-refractivity contribution >= 4 is 11.8 Å². The first kappa shape index (κ1) is 12.7. The quantitative estimate of drug-likeness (QED) is 0.799. The topological polar surface area (TPSA) is 15.3 Å². The molecule has 0 aliphatic carbocycles. The molecule has 2 fully saturated rings. The summed E-state index contributed by atoms with van der Waals surface area (Å²) in [7, 11) is 0. The van der Waals surface area contributed by atoms with E-state index in [4.69, 9.17) is 0 Å². The van der Waals surface area contributed by atoms with Crippen LogP contribution in [0.5, 0.6) is 0 Å². The maximum Gasteiger partial charge on any atom is 0.0116 e. The fourth-order valence-corrected chi connectivity index (χ4v) is 3.83. The number of nitrogens with one attached hydrogen (secondary N) is 1. The lowest BCUT2D eigenvalue weighted by molar-refractivity contribution is 0.215. The summed E-state index contributed by atoms with van der Waals surface area (Å²) in [6, 6.07) is 0. The van der Waals surface area contributed by atoms with Crippen molar-refractivity contribution in [3.05, 3.63) is 0 Å². The average Bonchev–Trinajstić information content (AvgIpc) is 2.42. The van der Waals surface area contributed by atoms with Gasteiger partial charge in [-0.25, -0.2) is 0 Å². The largest absolute Gasteiger partial charge is 0.316 e. The highest BCUT2D eigenvalue weighted by Crippen LogP contribution is 2.31. The van der Waals surface area contributed by atoms with Gasteiger partial charge in [-0.05, 0) is 44.8 Å². The summed E-state index contributed by atoms with van der Waals surface area (Å²) in [5.41, 5.74) is 0. The number of hydrogen-bond donors (Lipinski definition) is 1. The van der Waals surface area contributed by atoms with Crippen molar-refractivity contribution < 1.29 is 0 Å². The second-order valence-electron chi connectivity index (χ2n) is 5.87. The molecule has 0 amide bonds. The van der Waals surface area contributed by atoms with Crippen LogP contribution in [-0.4, -0.2) is 48.1 Å². The van der Waals surface area contributed by atoms with E-state index in [1.807, 2.05) is 0 Å². The van der Waals surface area contributed by atoms with Crippen molar-refractivity contribution in [2.24, 2.45) is 5.92 Å². The van der Waals surface area contributed by atoms with Crippen molar-refractivity contribution in [3.8, 4) is 0 Å². The maximum atomic E-state index is 3.52. The van der Waals surface area contributed by atoms with E-state index >= 15 is 0 Å². The van der Waals surface area contributed by atoms with Crippen LogP contribution in [0.1, 0.15) is 33.1 Å². The first-order valence-electron chi connectivity index (χ1n) is 6.73. The lowest BCUT2D eigenvalue weighted by Gasteiger charge is -2.29. The van der Waals surface area contributed by atoms with Crippen LogP contribution in [-0.2, 0) is 0 Å². The van der Waals surface area contributed by atoms with Crippen LogP contribution in [0.15, 0.2) is 0 Å². The Labute approximate surface area is 105 Å². The zero-order valence-electron chi connectivity index (χ0n) is 10.8. The van der Waals surface area contributed by atoms with Crippen LogP contribution < -0.4 is 5.32 Å². The van der Waals surface area contributed by atoms with E-state index in [2.05, 4.69) is 35.8 Å². The molecule has 0 aromatic heterocycles. The molecule has 2 nitrogen and oxygen atoms in total. The van der Waals surface area contributed by atoms with E-state index in [1.54, 1.807) is 0 Å². The Morgan fingerprint density at radius 3 is 3.00 bits per heavy atom.